The molecule has 96 valence electrons. The lowest BCUT2D eigenvalue weighted by atomic mass is 10.2. The quantitative estimate of drug-likeness (QED) is 0.780. The highest BCUT2D eigenvalue weighted by molar-refractivity contribution is 5.28. The number of nitrogens with one attached hydrogen (secondary N) is 1. The van der Waals surface area contributed by atoms with Crippen molar-refractivity contribution in [1.29, 1.82) is 0 Å². The Bertz CT molecular complexity index is 322. The summed E-state index contributed by atoms with van der Waals surface area (Å²) in [6.07, 6.45) is -3.25. The van der Waals surface area contributed by atoms with Crippen LogP contribution in [0.5, 0.6) is 5.75 Å². The Kier molecular flexibility index (Phi) is 5.28. The SMILES string of the molecule is CCCNCCOc1ccc(C(F)(F)F)cc1. The minimum absolute atomic E-state index is 0.450. The van der Waals surface area contributed by atoms with Gasteiger partial charge in [-0.1, -0.05) is 6.92 Å². The molecule has 0 radical (unpaired) electrons. The van der Waals surface area contributed by atoms with Gasteiger partial charge in [0.05, 0.1) is 5.56 Å². The van der Waals surface area contributed by atoms with Gasteiger partial charge < -0.3 is 10.1 Å². The summed E-state index contributed by atoms with van der Waals surface area (Å²) in [5.41, 5.74) is -0.658. The van der Waals surface area contributed by atoms with Gasteiger partial charge in [0.15, 0.2) is 0 Å². The Balaban J connectivity index is 2.36. The van der Waals surface area contributed by atoms with Gasteiger partial charge in [0, 0.05) is 6.54 Å². The van der Waals surface area contributed by atoms with Gasteiger partial charge in [-0.15, -0.1) is 0 Å². The molecule has 0 spiro atoms. The van der Waals surface area contributed by atoms with Crippen molar-refractivity contribution in [3.05, 3.63) is 29.8 Å². The molecular weight excluding hydrogens is 231 g/mol. The van der Waals surface area contributed by atoms with Crippen LogP contribution in [0.15, 0.2) is 24.3 Å². The zero-order valence-electron chi connectivity index (χ0n) is 9.68. The first kappa shape index (κ1) is 13.8. The van der Waals surface area contributed by atoms with Gasteiger partial charge in [0.1, 0.15) is 12.4 Å². The minimum Gasteiger partial charge on any atom is -0.492 e. The van der Waals surface area contributed by atoms with E-state index in [2.05, 4.69) is 12.2 Å². The summed E-state index contributed by atoms with van der Waals surface area (Å²) < 4.78 is 42.1. The molecule has 0 amide bonds. The van der Waals surface area contributed by atoms with Crippen molar-refractivity contribution in [2.24, 2.45) is 0 Å². The fourth-order valence-corrected chi connectivity index (χ4v) is 1.28. The van der Waals surface area contributed by atoms with Crippen LogP contribution in [0.25, 0.3) is 0 Å². The van der Waals surface area contributed by atoms with Crippen molar-refractivity contribution < 1.29 is 17.9 Å². The molecule has 0 atom stereocenters. The average molecular weight is 247 g/mol. The number of hydrogen-bond donors (Lipinski definition) is 1. The Morgan fingerprint density at radius 1 is 1.12 bits per heavy atom. The fourth-order valence-electron chi connectivity index (χ4n) is 1.28. The molecule has 0 aliphatic heterocycles. The smallest absolute Gasteiger partial charge is 0.416 e. The molecule has 0 bridgehead atoms. The number of halogens is 3. The van der Waals surface area contributed by atoms with E-state index in [0.29, 0.717) is 18.9 Å². The molecule has 1 aromatic rings. The zero-order chi connectivity index (χ0) is 12.7. The van der Waals surface area contributed by atoms with E-state index in [1.165, 1.54) is 12.1 Å². The van der Waals surface area contributed by atoms with Gasteiger partial charge in [-0.05, 0) is 37.2 Å². The number of ether oxygens (including phenoxy) is 1. The standard InChI is InChI=1S/C12H16F3NO/c1-2-7-16-8-9-17-11-5-3-10(4-6-11)12(13,14)15/h3-6,16H,2,7-9H2,1H3. The first-order valence-electron chi connectivity index (χ1n) is 5.55. The van der Waals surface area contributed by atoms with Crippen LogP contribution in [0, 0.1) is 0 Å². The number of benzene rings is 1. The van der Waals surface area contributed by atoms with Crippen LogP contribution in [0.2, 0.25) is 0 Å². The largest absolute Gasteiger partial charge is 0.492 e. The van der Waals surface area contributed by atoms with Gasteiger partial charge in [-0.3, -0.25) is 0 Å². The maximum atomic E-state index is 12.3. The van der Waals surface area contributed by atoms with E-state index in [4.69, 9.17) is 4.74 Å². The predicted octanol–water partition coefficient (Wildman–Crippen LogP) is 3.08. The molecule has 2 nitrogen and oxygen atoms in total. The summed E-state index contributed by atoms with van der Waals surface area (Å²) in [5.74, 6) is 0.455. The van der Waals surface area contributed by atoms with E-state index < -0.39 is 11.7 Å². The monoisotopic (exact) mass is 247 g/mol. The second-order valence-corrected chi connectivity index (χ2v) is 3.62. The van der Waals surface area contributed by atoms with E-state index in [-0.39, 0.29) is 0 Å². The molecule has 0 aliphatic carbocycles. The lowest BCUT2D eigenvalue weighted by Gasteiger charge is -2.09. The van der Waals surface area contributed by atoms with Gasteiger partial charge in [0.2, 0.25) is 0 Å². The third-order valence-electron chi connectivity index (χ3n) is 2.16. The van der Waals surface area contributed by atoms with Gasteiger partial charge in [-0.25, -0.2) is 0 Å². The third-order valence-corrected chi connectivity index (χ3v) is 2.16. The normalized spacial score (nSPS) is 11.5. The summed E-state index contributed by atoms with van der Waals surface area (Å²) >= 11 is 0. The molecular formula is C12H16F3NO. The summed E-state index contributed by atoms with van der Waals surface area (Å²) in [5, 5.41) is 3.14. The Labute approximate surface area is 98.8 Å². The molecule has 1 aromatic carbocycles. The summed E-state index contributed by atoms with van der Waals surface area (Å²) in [6, 6.07) is 4.72. The number of rotatable bonds is 6. The molecule has 17 heavy (non-hydrogen) atoms. The highest BCUT2D eigenvalue weighted by atomic mass is 19.4. The van der Waals surface area contributed by atoms with Gasteiger partial charge in [-0.2, -0.15) is 13.2 Å². The lowest BCUT2D eigenvalue weighted by molar-refractivity contribution is -0.137. The summed E-state index contributed by atoms with van der Waals surface area (Å²) in [7, 11) is 0. The summed E-state index contributed by atoms with van der Waals surface area (Å²) in [6.45, 7) is 4.11. The van der Waals surface area contributed by atoms with E-state index in [9.17, 15) is 13.2 Å². The first-order valence-corrected chi connectivity index (χ1v) is 5.55. The van der Waals surface area contributed by atoms with E-state index in [1.54, 1.807) is 0 Å². The molecule has 1 N–H and O–H groups in total. The second-order valence-electron chi connectivity index (χ2n) is 3.62. The van der Waals surface area contributed by atoms with Crippen molar-refractivity contribution in [3.8, 4) is 5.75 Å². The molecule has 0 fully saturated rings. The van der Waals surface area contributed by atoms with Crippen LogP contribution in [0.3, 0.4) is 0 Å². The van der Waals surface area contributed by atoms with Crippen LogP contribution in [-0.2, 0) is 6.18 Å². The van der Waals surface area contributed by atoms with E-state index in [0.717, 1.165) is 25.1 Å². The molecule has 0 heterocycles. The first-order chi connectivity index (χ1) is 8.04. The van der Waals surface area contributed by atoms with Gasteiger partial charge in [0.25, 0.3) is 0 Å². The van der Waals surface area contributed by atoms with Crippen LogP contribution < -0.4 is 10.1 Å². The Morgan fingerprint density at radius 2 is 1.76 bits per heavy atom. The summed E-state index contributed by atoms with van der Waals surface area (Å²) in [4.78, 5) is 0. The highest BCUT2D eigenvalue weighted by Crippen LogP contribution is 2.30. The lowest BCUT2D eigenvalue weighted by Crippen LogP contribution is -2.21. The average Bonchev–Trinajstić information content (AvgIpc) is 2.28. The van der Waals surface area contributed by atoms with Crippen LogP contribution in [0.4, 0.5) is 13.2 Å². The van der Waals surface area contributed by atoms with Crippen molar-refractivity contribution in [1.82, 2.24) is 5.32 Å². The topological polar surface area (TPSA) is 21.3 Å². The maximum Gasteiger partial charge on any atom is 0.416 e. The Morgan fingerprint density at radius 3 is 2.29 bits per heavy atom. The maximum absolute atomic E-state index is 12.3. The third kappa shape index (κ3) is 5.08. The van der Waals surface area contributed by atoms with Crippen molar-refractivity contribution >= 4 is 0 Å². The van der Waals surface area contributed by atoms with Gasteiger partial charge >= 0.3 is 6.18 Å². The molecule has 5 heteroatoms. The van der Waals surface area contributed by atoms with Crippen LogP contribution >= 0.6 is 0 Å². The predicted molar refractivity (Wildman–Crippen MR) is 60.1 cm³/mol. The van der Waals surface area contributed by atoms with Crippen LogP contribution in [-0.4, -0.2) is 19.7 Å². The van der Waals surface area contributed by atoms with E-state index >= 15 is 0 Å². The molecule has 0 aliphatic rings. The highest BCUT2D eigenvalue weighted by Gasteiger charge is 2.29. The minimum atomic E-state index is -4.29. The fraction of sp³-hybridized carbons (Fsp3) is 0.500. The van der Waals surface area contributed by atoms with Crippen molar-refractivity contribution in [3.63, 3.8) is 0 Å². The van der Waals surface area contributed by atoms with Crippen molar-refractivity contribution in [2.45, 2.75) is 19.5 Å². The number of hydrogen-bond acceptors (Lipinski definition) is 2. The molecule has 0 unspecified atom stereocenters. The van der Waals surface area contributed by atoms with Crippen LogP contribution in [0.1, 0.15) is 18.9 Å². The van der Waals surface area contributed by atoms with E-state index in [1.807, 2.05) is 0 Å². The van der Waals surface area contributed by atoms with Crippen molar-refractivity contribution in [2.75, 3.05) is 19.7 Å². The molecule has 1 rings (SSSR count). The molecule has 0 saturated heterocycles. The zero-order valence-corrected chi connectivity index (χ0v) is 9.68. The number of alkyl halides is 3. The Hall–Kier alpha value is -1.23. The molecule has 0 aromatic heterocycles. The second kappa shape index (κ2) is 6.49. The molecule has 0 saturated carbocycles.